The number of rotatable bonds is 4. The molecule has 5 aromatic rings. The van der Waals surface area contributed by atoms with E-state index in [0.29, 0.717) is 5.46 Å². The summed E-state index contributed by atoms with van der Waals surface area (Å²) in [6.07, 6.45) is 0. The van der Waals surface area contributed by atoms with Crippen molar-refractivity contribution in [3.05, 3.63) is 109 Å². The standard InChI is InChI=1S/C26H20BNO2/c29-27(30)23-10-5-11-24(18-23)28(25-14-12-19-6-1-3-8-21(19)16-25)26-15-13-20-7-2-4-9-22(20)17-26/h1-18,29-30H. The first-order valence-corrected chi connectivity index (χ1v) is 9.93. The van der Waals surface area contributed by atoms with Crippen molar-refractivity contribution in [2.24, 2.45) is 0 Å². The van der Waals surface area contributed by atoms with Crippen LogP contribution in [0.25, 0.3) is 21.5 Å². The smallest absolute Gasteiger partial charge is 0.423 e. The van der Waals surface area contributed by atoms with Gasteiger partial charge < -0.3 is 14.9 Å². The molecule has 0 amide bonds. The Kier molecular flexibility index (Phi) is 4.72. The van der Waals surface area contributed by atoms with E-state index in [2.05, 4.69) is 65.6 Å². The van der Waals surface area contributed by atoms with E-state index in [1.165, 1.54) is 10.8 Å². The van der Waals surface area contributed by atoms with Crippen molar-refractivity contribution in [1.82, 2.24) is 0 Å². The third-order valence-corrected chi connectivity index (χ3v) is 5.41. The maximum atomic E-state index is 9.69. The SMILES string of the molecule is OB(O)c1cccc(N(c2ccc3ccccc3c2)c2ccc3ccccc3c2)c1. The van der Waals surface area contributed by atoms with Crippen molar-refractivity contribution < 1.29 is 10.0 Å². The zero-order valence-electron chi connectivity index (χ0n) is 16.3. The number of nitrogens with zero attached hydrogens (tertiary/aromatic N) is 1. The van der Waals surface area contributed by atoms with Crippen molar-refractivity contribution in [1.29, 1.82) is 0 Å². The zero-order chi connectivity index (χ0) is 20.5. The molecular weight excluding hydrogens is 369 g/mol. The van der Waals surface area contributed by atoms with E-state index in [0.717, 1.165) is 27.8 Å². The highest BCUT2D eigenvalue weighted by Crippen LogP contribution is 2.37. The Labute approximate surface area is 175 Å². The van der Waals surface area contributed by atoms with Gasteiger partial charge in [-0.2, -0.15) is 0 Å². The molecule has 0 fully saturated rings. The molecule has 3 nitrogen and oxygen atoms in total. The summed E-state index contributed by atoms with van der Waals surface area (Å²) < 4.78 is 0. The van der Waals surface area contributed by atoms with Crippen molar-refractivity contribution in [2.45, 2.75) is 0 Å². The molecule has 0 heterocycles. The molecule has 0 aliphatic heterocycles. The Morgan fingerprint density at radius 2 is 0.967 bits per heavy atom. The average molecular weight is 389 g/mol. The van der Waals surface area contributed by atoms with Crippen molar-refractivity contribution in [2.75, 3.05) is 4.90 Å². The molecule has 5 aromatic carbocycles. The lowest BCUT2D eigenvalue weighted by Crippen LogP contribution is -2.30. The summed E-state index contributed by atoms with van der Waals surface area (Å²) in [4.78, 5) is 2.14. The number of fused-ring (bicyclic) bond motifs is 2. The summed E-state index contributed by atoms with van der Waals surface area (Å²) in [6.45, 7) is 0. The highest BCUT2D eigenvalue weighted by atomic mass is 16.4. The fourth-order valence-corrected chi connectivity index (χ4v) is 3.90. The third-order valence-electron chi connectivity index (χ3n) is 5.41. The van der Waals surface area contributed by atoms with Gasteiger partial charge in [-0.3, -0.25) is 0 Å². The lowest BCUT2D eigenvalue weighted by atomic mass is 9.80. The van der Waals surface area contributed by atoms with Crippen LogP contribution in [0, 0.1) is 0 Å². The summed E-state index contributed by atoms with van der Waals surface area (Å²) in [7, 11) is -1.51. The lowest BCUT2D eigenvalue weighted by Gasteiger charge is -2.26. The molecule has 0 saturated carbocycles. The number of anilines is 3. The minimum atomic E-state index is -1.51. The third kappa shape index (κ3) is 3.43. The molecule has 4 heteroatoms. The second-order valence-corrected chi connectivity index (χ2v) is 7.37. The van der Waals surface area contributed by atoms with Crippen LogP contribution >= 0.6 is 0 Å². The van der Waals surface area contributed by atoms with Gasteiger partial charge in [0, 0.05) is 17.1 Å². The molecule has 144 valence electrons. The number of benzene rings is 5. The van der Waals surface area contributed by atoms with Crippen LogP contribution < -0.4 is 10.4 Å². The van der Waals surface area contributed by atoms with Crippen LogP contribution in [0.5, 0.6) is 0 Å². The molecule has 30 heavy (non-hydrogen) atoms. The van der Waals surface area contributed by atoms with E-state index in [-0.39, 0.29) is 0 Å². The summed E-state index contributed by atoms with van der Waals surface area (Å²) in [5.74, 6) is 0. The Morgan fingerprint density at radius 1 is 0.467 bits per heavy atom. The molecule has 0 bridgehead atoms. The van der Waals surface area contributed by atoms with Crippen LogP contribution in [0.15, 0.2) is 109 Å². The van der Waals surface area contributed by atoms with E-state index in [1.54, 1.807) is 6.07 Å². The van der Waals surface area contributed by atoms with Gasteiger partial charge in [0.2, 0.25) is 0 Å². The van der Waals surface area contributed by atoms with Gasteiger partial charge in [-0.15, -0.1) is 0 Å². The highest BCUT2D eigenvalue weighted by molar-refractivity contribution is 6.58. The van der Waals surface area contributed by atoms with E-state index in [9.17, 15) is 10.0 Å². The van der Waals surface area contributed by atoms with Gasteiger partial charge in [-0.05, 0) is 63.4 Å². The van der Waals surface area contributed by atoms with Gasteiger partial charge in [-0.1, -0.05) is 72.8 Å². The monoisotopic (exact) mass is 389 g/mol. The van der Waals surface area contributed by atoms with E-state index >= 15 is 0 Å². The van der Waals surface area contributed by atoms with Gasteiger partial charge in [-0.25, -0.2) is 0 Å². The molecular formula is C26H20BNO2. The highest BCUT2D eigenvalue weighted by Gasteiger charge is 2.17. The molecule has 0 aliphatic rings. The molecule has 5 rings (SSSR count). The second kappa shape index (κ2) is 7.67. The Morgan fingerprint density at radius 3 is 1.50 bits per heavy atom. The van der Waals surface area contributed by atoms with Crippen molar-refractivity contribution >= 4 is 51.2 Å². The van der Waals surface area contributed by atoms with E-state index < -0.39 is 7.12 Å². The normalized spacial score (nSPS) is 11.0. The predicted molar refractivity (Wildman–Crippen MR) is 126 cm³/mol. The van der Waals surface area contributed by atoms with Gasteiger partial charge in [0.05, 0.1) is 0 Å². The van der Waals surface area contributed by atoms with Crippen LogP contribution in [0.4, 0.5) is 17.1 Å². The summed E-state index contributed by atoms with van der Waals surface area (Å²) in [5.41, 5.74) is 3.34. The Bertz CT molecular complexity index is 1270. The van der Waals surface area contributed by atoms with Crippen LogP contribution in [0.3, 0.4) is 0 Å². The van der Waals surface area contributed by atoms with Crippen LogP contribution in [-0.4, -0.2) is 17.2 Å². The van der Waals surface area contributed by atoms with Crippen LogP contribution in [0.1, 0.15) is 0 Å². The van der Waals surface area contributed by atoms with Crippen molar-refractivity contribution in [3.8, 4) is 0 Å². The minimum Gasteiger partial charge on any atom is -0.423 e. The molecule has 0 spiro atoms. The van der Waals surface area contributed by atoms with Gasteiger partial charge in [0.1, 0.15) is 0 Å². The molecule has 0 unspecified atom stereocenters. The van der Waals surface area contributed by atoms with Crippen LogP contribution in [-0.2, 0) is 0 Å². The van der Waals surface area contributed by atoms with E-state index in [1.807, 2.05) is 42.5 Å². The summed E-state index contributed by atoms with van der Waals surface area (Å²) >= 11 is 0. The first kappa shape index (κ1) is 18.4. The molecule has 0 atom stereocenters. The molecule has 2 N–H and O–H groups in total. The fraction of sp³-hybridized carbons (Fsp3) is 0. The number of hydrogen-bond acceptors (Lipinski definition) is 3. The topological polar surface area (TPSA) is 43.7 Å². The molecule has 0 radical (unpaired) electrons. The largest absolute Gasteiger partial charge is 0.488 e. The lowest BCUT2D eigenvalue weighted by molar-refractivity contribution is 0.426. The minimum absolute atomic E-state index is 0.457. The molecule has 0 aromatic heterocycles. The number of hydrogen-bond donors (Lipinski definition) is 2. The first-order chi connectivity index (χ1) is 14.7. The van der Waals surface area contributed by atoms with Crippen LogP contribution in [0.2, 0.25) is 0 Å². The van der Waals surface area contributed by atoms with Gasteiger partial charge in [0.15, 0.2) is 0 Å². The predicted octanol–water partition coefficient (Wildman–Crippen LogP) is 5.14. The van der Waals surface area contributed by atoms with Crippen molar-refractivity contribution in [3.63, 3.8) is 0 Å². The Balaban J connectivity index is 1.72. The fourth-order valence-electron chi connectivity index (χ4n) is 3.90. The quantitative estimate of drug-likeness (QED) is 0.418. The summed E-state index contributed by atoms with van der Waals surface area (Å²) in [6, 6.07) is 36.7. The molecule has 0 saturated heterocycles. The molecule has 0 aliphatic carbocycles. The average Bonchev–Trinajstić information content (AvgIpc) is 2.79. The second-order valence-electron chi connectivity index (χ2n) is 7.37. The summed E-state index contributed by atoms with van der Waals surface area (Å²) in [5, 5.41) is 24.0. The van der Waals surface area contributed by atoms with Gasteiger partial charge in [0.25, 0.3) is 0 Å². The Hall–Kier alpha value is -3.60. The maximum absolute atomic E-state index is 9.69. The zero-order valence-corrected chi connectivity index (χ0v) is 16.3. The van der Waals surface area contributed by atoms with E-state index in [4.69, 9.17) is 0 Å². The maximum Gasteiger partial charge on any atom is 0.488 e. The first-order valence-electron chi connectivity index (χ1n) is 9.93. The van der Waals surface area contributed by atoms with Gasteiger partial charge >= 0.3 is 7.12 Å².